The van der Waals surface area contributed by atoms with Crippen molar-refractivity contribution in [1.29, 1.82) is 0 Å². The summed E-state index contributed by atoms with van der Waals surface area (Å²) < 4.78 is 12.8. The number of halogens is 1. The topological polar surface area (TPSA) is 24.1 Å². The van der Waals surface area contributed by atoms with E-state index < -0.39 is 0 Å². The van der Waals surface area contributed by atoms with E-state index in [2.05, 4.69) is 31.3 Å². The first-order valence-corrected chi connectivity index (χ1v) is 9.89. The SMILES string of the molecule is CCC(CCC(C)C(CNF)Nc1ccccc1)C1CCCCC1. The number of hydrogen-bond donors (Lipinski definition) is 2. The molecular formula is C21H35FN2. The van der Waals surface area contributed by atoms with Gasteiger partial charge in [0, 0.05) is 18.3 Å². The molecule has 2 rings (SSSR count). The van der Waals surface area contributed by atoms with Crippen molar-refractivity contribution in [2.45, 2.75) is 71.3 Å². The first kappa shape index (κ1) is 19.2. The first-order valence-electron chi connectivity index (χ1n) is 9.89. The van der Waals surface area contributed by atoms with Crippen LogP contribution in [0.5, 0.6) is 0 Å². The third-order valence-corrected chi connectivity index (χ3v) is 5.94. The average Bonchev–Trinajstić information content (AvgIpc) is 2.63. The van der Waals surface area contributed by atoms with Crippen LogP contribution in [0.15, 0.2) is 30.3 Å². The van der Waals surface area contributed by atoms with E-state index in [1.165, 1.54) is 51.4 Å². The van der Waals surface area contributed by atoms with Gasteiger partial charge in [-0.25, -0.2) is 0 Å². The minimum atomic E-state index is 0.126. The van der Waals surface area contributed by atoms with Crippen LogP contribution in [0.25, 0.3) is 0 Å². The van der Waals surface area contributed by atoms with E-state index in [9.17, 15) is 4.48 Å². The summed E-state index contributed by atoms with van der Waals surface area (Å²) in [6.45, 7) is 4.95. The van der Waals surface area contributed by atoms with Gasteiger partial charge in [-0.2, -0.15) is 5.54 Å². The number of nitrogens with one attached hydrogen (secondary N) is 2. The van der Waals surface area contributed by atoms with Gasteiger partial charge in [0.2, 0.25) is 0 Å². The molecule has 1 saturated carbocycles. The summed E-state index contributed by atoms with van der Waals surface area (Å²) in [6, 6.07) is 10.3. The zero-order chi connectivity index (χ0) is 17.2. The van der Waals surface area contributed by atoms with E-state index >= 15 is 0 Å². The Morgan fingerprint density at radius 2 is 1.79 bits per heavy atom. The van der Waals surface area contributed by atoms with Crippen molar-refractivity contribution in [1.82, 2.24) is 5.54 Å². The van der Waals surface area contributed by atoms with E-state index in [0.717, 1.165) is 17.5 Å². The van der Waals surface area contributed by atoms with Crippen LogP contribution in [-0.4, -0.2) is 12.6 Å². The maximum Gasteiger partial charge on any atom is 0.0464 e. The van der Waals surface area contributed by atoms with Crippen molar-refractivity contribution in [3.63, 3.8) is 0 Å². The van der Waals surface area contributed by atoms with Crippen molar-refractivity contribution in [3.05, 3.63) is 30.3 Å². The van der Waals surface area contributed by atoms with Crippen LogP contribution < -0.4 is 10.9 Å². The first-order chi connectivity index (χ1) is 11.7. The Morgan fingerprint density at radius 1 is 1.08 bits per heavy atom. The molecular weight excluding hydrogens is 299 g/mol. The van der Waals surface area contributed by atoms with E-state index in [0.29, 0.717) is 12.5 Å². The fourth-order valence-electron chi connectivity index (χ4n) is 4.28. The number of hydrogen-bond acceptors (Lipinski definition) is 2. The van der Waals surface area contributed by atoms with E-state index in [1.54, 1.807) is 0 Å². The number of benzene rings is 1. The highest BCUT2D eigenvalue weighted by molar-refractivity contribution is 5.43. The lowest BCUT2D eigenvalue weighted by molar-refractivity contribution is 0.212. The summed E-state index contributed by atoms with van der Waals surface area (Å²) in [5, 5.41) is 3.50. The van der Waals surface area contributed by atoms with Crippen LogP contribution in [0.1, 0.15) is 65.2 Å². The molecule has 2 nitrogen and oxygen atoms in total. The lowest BCUT2D eigenvalue weighted by atomic mass is 9.75. The molecule has 0 radical (unpaired) electrons. The second-order valence-electron chi connectivity index (χ2n) is 7.58. The highest BCUT2D eigenvalue weighted by Crippen LogP contribution is 2.35. The Kier molecular flexibility index (Phi) is 8.58. The van der Waals surface area contributed by atoms with Gasteiger partial charge in [0.25, 0.3) is 0 Å². The van der Waals surface area contributed by atoms with Crippen LogP contribution >= 0.6 is 0 Å². The van der Waals surface area contributed by atoms with Crippen molar-refractivity contribution in [2.24, 2.45) is 17.8 Å². The molecule has 3 unspecified atom stereocenters. The molecule has 24 heavy (non-hydrogen) atoms. The largest absolute Gasteiger partial charge is 0.381 e. The van der Waals surface area contributed by atoms with Crippen LogP contribution in [0, 0.1) is 17.8 Å². The predicted octanol–water partition coefficient (Wildman–Crippen LogP) is 5.96. The summed E-state index contributed by atoms with van der Waals surface area (Å²) in [5.41, 5.74) is 2.94. The highest BCUT2D eigenvalue weighted by Gasteiger charge is 2.24. The number of para-hydroxylation sites is 1. The van der Waals surface area contributed by atoms with Gasteiger partial charge < -0.3 is 5.32 Å². The molecule has 0 saturated heterocycles. The van der Waals surface area contributed by atoms with Gasteiger partial charge in [0.1, 0.15) is 0 Å². The summed E-state index contributed by atoms with van der Waals surface area (Å²) >= 11 is 0. The van der Waals surface area contributed by atoms with Crippen molar-refractivity contribution < 1.29 is 4.48 Å². The molecule has 0 amide bonds. The molecule has 1 aromatic rings. The smallest absolute Gasteiger partial charge is 0.0464 e. The Morgan fingerprint density at radius 3 is 2.42 bits per heavy atom. The summed E-state index contributed by atoms with van der Waals surface area (Å²) in [5.74, 6) is 2.23. The maximum atomic E-state index is 12.8. The molecule has 0 aliphatic heterocycles. The molecule has 1 aromatic carbocycles. The van der Waals surface area contributed by atoms with Gasteiger partial charge in [-0.1, -0.05) is 70.6 Å². The molecule has 1 fully saturated rings. The van der Waals surface area contributed by atoms with Gasteiger partial charge >= 0.3 is 0 Å². The normalized spacial score (nSPS) is 19.6. The van der Waals surface area contributed by atoms with Crippen LogP contribution in [0.4, 0.5) is 10.2 Å². The van der Waals surface area contributed by atoms with Gasteiger partial charge in [-0.15, -0.1) is 4.48 Å². The Labute approximate surface area is 147 Å². The molecule has 3 heteroatoms. The molecule has 3 atom stereocenters. The minimum absolute atomic E-state index is 0.126. The van der Waals surface area contributed by atoms with Crippen LogP contribution in [-0.2, 0) is 0 Å². The Balaban J connectivity index is 1.85. The van der Waals surface area contributed by atoms with Gasteiger partial charge in [0.05, 0.1) is 0 Å². The van der Waals surface area contributed by atoms with Crippen LogP contribution in [0.3, 0.4) is 0 Å². The fraction of sp³-hybridized carbons (Fsp3) is 0.714. The lowest BCUT2D eigenvalue weighted by Crippen LogP contribution is -2.36. The zero-order valence-electron chi connectivity index (χ0n) is 15.4. The molecule has 1 aliphatic carbocycles. The number of rotatable bonds is 10. The highest BCUT2D eigenvalue weighted by atomic mass is 19.2. The maximum absolute atomic E-state index is 12.8. The molecule has 0 spiro atoms. The minimum Gasteiger partial charge on any atom is -0.381 e. The fourth-order valence-corrected chi connectivity index (χ4v) is 4.28. The van der Waals surface area contributed by atoms with Gasteiger partial charge in [-0.3, -0.25) is 0 Å². The third kappa shape index (κ3) is 6.08. The van der Waals surface area contributed by atoms with Gasteiger partial charge in [-0.05, 0) is 42.7 Å². The summed E-state index contributed by atoms with van der Waals surface area (Å²) in [6.07, 6.45) is 10.8. The molecule has 0 heterocycles. The third-order valence-electron chi connectivity index (χ3n) is 5.94. The zero-order valence-corrected chi connectivity index (χ0v) is 15.4. The van der Waals surface area contributed by atoms with Crippen molar-refractivity contribution in [3.8, 4) is 0 Å². The quantitative estimate of drug-likeness (QED) is 0.516. The Bertz CT molecular complexity index is 431. The molecule has 2 N–H and O–H groups in total. The average molecular weight is 335 g/mol. The standard InChI is InChI=1S/C21H35FN2/c1-3-18(19-10-6-4-7-11-19)15-14-17(2)21(16-23-22)24-20-12-8-5-9-13-20/h5,8-9,12-13,17-19,21,23-24H,3-4,6-7,10-11,14-16H2,1-2H3. The molecule has 1 aliphatic rings. The second-order valence-corrected chi connectivity index (χ2v) is 7.58. The van der Waals surface area contributed by atoms with Crippen molar-refractivity contribution in [2.75, 3.05) is 11.9 Å². The van der Waals surface area contributed by atoms with E-state index in [-0.39, 0.29) is 6.04 Å². The Hall–Kier alpha value is -1.09. The molecule has 0 aromatic heterocycles. The molecule has 136 valence electrons. The predicted molar refractivity (Wildman–Crippen MR) is 102 cm³/mol. The van der Waals surface area contributed by atoms with Crippen LogP contribution in [0.2, 0.25) is 0 Å². The lowest BCUT2D eigenvalue weighted by Gasteiger charge is -2.32. The van der Waals surface area contributed by atoms with Crippen molar-refractivity contribution >= 4 is 5.69 Å². The summed E-state index contributed by atoms with van der Waals surface area (Å²) in [4.78, 5) is 0. The van der Waals surface area contributed by atoms with E-state index in [1.807, 2.05) is 23.7 Å². The molecule has 0 bridgehead atoms. The monoisotopic (exact) mass is 334 g/mol. The number of anilines is 1. The second kappa shape index (κ2) is 10.7. The van der Waals surface area contributed by atoms with Gasteiger partial charge in [0.15, 0.2) is 0 Å². The van der Waals surface area contributed by atoms with E-state index in [4.69, 9.17) is 0 Å². The summed E-state index contributed by atoms with van der Waals surface area (Å²) in [7, 11) is 0.